The van der Waals surface area contributed by atoms with Gasteiger partial charge in [0.2, 0.25) is 5.78 Å². The van der Waals surface area contributed by atoms with Crippen LogP contribution in [0.15, 0.2) is 51.2 Å². The van der Waals surface area contributed by atoms with Crippen LogP contribution in [-0.2, 0) is 0 Å². The van der Waals surface area contributed by atoms with E-state index in [1.165, 1.54) is 0 Å². The molecular weight excluding hydrogens is 284 g/mol. The summed E-state index contributed by atoms with van der Waals surface area (Å²) in [4.78, 5) is 12.0. The third kappa shape index (κ3) is 1.80. The van der Waals surface area contributed by atoms with Crippen molar-refractivity contribution in [3.63, 3.8) is 0 Å². The lowest BCUT2D eigenvalue weighted by molar-refractivity contribution is 0.101. The lowest BCUT2D eigenvalue weighted by Gasteiger charge is -1.96. The van der Waals surface area contributed by atoms with Gasteiger partial charge in [0, 0.05) is 10.5 Å². The minimum atomic E-state index is -0.127. The molecule has 3 rings (SSSR count). The average Bonchev–Trinajstić information content (AvgIpc) is 2.91. The first kappa shape index (κ1) is 10.4. The molecule has 2 heterocycles. The van der Waals surface area contributed by atoms with Crippen molar-refractivity contribution < 1.29 is 13.9 Å². The highest BCUT2D eigenvalue weighted by Crippen LogP contribution is 2.33. The van der Waals surface area contributed by atoms with Crippen molar-refractivity contribution in [3.8, 4) is 5.75 Å². The number of carbonyl (C=O) groups is 1. The highest BCUT2D eigenvalue weighted by molar-refractivity contribution is 9.10. The van der Waals surface area contributed by atoms with Gasteiger partial charge in [-0.1, -0.05) is 15.9 Å². The molecule has 0 N–H and O–H groups in total. The smallest absolute Gasteiger partial charge is 0.232 e. The molecule has 0 bridgehead atoms. The van der Waals surface area contributed by atoms with Gasteiger partial charge in [0.15, 0.2) is 5.76 Å². The Bertz CT molecular complexity index is 612. The van der Waals surface area contributed by atoms with E-state index in [-0.39, 0.29) is 11.5 Å². The van der Waals surface area contributed by atoms with Gasteiger partial charge in [0.05, 0.1) is 11.8 Å². The maximum atomic E-state index is 12.0. The molecule has 0 radical (unpaired) electrons. The summed E-state index contributed by atoms with van der Waals surface area (Å²) in [6.07, 6.45) is 3.14. The first-order valence-corrected chi connectivity index (χ1v) is 5.80. The highest BCUT2D eigenvalue weighted by atomic mass is 79.9. The third-order valence-corrected chi connectivity index (χ3v) is 2.94. The molecule has 0 spiro atoms. The molecular formula is C13H7BrO3. The Morgan fingerprint density at radius 1 is 1.24 bits per heavy atom. The lowest BCUT2D eigenvalue weighted by atomic mass is 10.1. The second kappa shape index (κ2) is 3.89. The predicted molar refractivity (Wildman–Crippen MR) is 65.8 cm³/mol. The normalized spacial score (nSPS) is 16.1. The fraction of sp³-hybridized carbons (Fsp3) is 0. The fourth-order valence-electron chi connectivity index (χ4n) is 1.66. The zero-order chi connectivity index (χ0) is 11.8. The van der Waals surface area contributed by atoms with E-state index < -0.39 is 0 Å². The van der Waals surface area contributed by atoms with Crippen LogP contribution in [0, 0.1) is 0 Å². The molecule has 0 aliphatic carbocycles. The molecule has 0 atom stereocenters. The minimum Gasteiger partial charge on any atom is -0.465 e. The summed E-state index contributed by atoms with van der Waals surface area (Å²) in [5, 5.41) is 0. The fourth-order valence-corrected chi connectivity index (χ4v) is 2.02. The average molecular weight is 291 g/mol. The maximum Gasteiger partial charge on any atom is 0.232 e. The largest absolute Gasteiger partial charge is 0.465 e. The van der Waals surface area contributed by atoms with Crippen molar-refractivity contribution in [3.05, 3.63) is 58.2 Å². The summed E-state index contributed by atoms with van der Waals surface area (Å²) in [7, 11) is 0. The zero-order valence-corrected chi connectivity index (χ0v) is 10.2. The van der Waals surface area contributed by atoms with Gasteiger partial charge < -0.3 is 9.15 Å². The molecule has 1 aromatic heterocycles. The van der Waals surface area contributed by atoms with Gasteiger partial charge in [0.1, 0.15) is 11.5 Å². The van der Waals surface area contributed by atoms with Crippen molar-refractivity contribution in [1.29, 1.82) is 0 Å². The minimum absolute atomic E-state index is 0.127. The molecule has 17 heavy (non-hydrogen) atoms. The van der Waals surface area contributed by atoms with Crippen LogP contribution in [0.1, 0.15) is 16.1 Å². The summed E-state index contributed by atoms with van der Waals surface area (Å²) < 4.78 is 11.5. The van der Waals surface area contributed by atoms with Crippen molar-refractivity contribution in [2.75, 3.05) is 0 Å². The van der Waals surface area contributed by atoms with Crippen LogP contribution in [0.4, 0.5) is 0 Å². The predicted octanol–water partition coefficient (Wildman–Crippen LogP) is 3.66. The van der Waals surface area contributed by atoms with Crippen LogP contribution >= 0.6 is 15.9 Å². The van der Waals surface area contributed by atoms with Crippen LogP contribution in [0.5, 0.6) is 5.75 Å². The quantitative estimate of drug-likeness (QED) is 0.753. The Morgan fingerprint density at radius 2 is 2.12 bits per heavy atom. The highest BCUT2D eigenvalue weighted by Gasteiger charge is 2.27. The lowest BCUT2D eigenvalue weighted by Crippen LogP contribution is -1.97. The first-order chi connectivity index (χ1) is 8.24. The van der Waals surface area contributed by atoms with Crippen LogP contribution in [0.3, 0.4) is 0 Å². The van der Waals surface area contributed by atoms with Gasteiger partial charge in [-0.05, 0) is 30.3 Å². The van der Waals surface area contributed by atoms with E-state index in [0.29, 0.717) is 17.1 Å². The third-order valence-electron chi connectivity index (χ3n) is 2.45. The number of hydrogen-bond donors (Lipinski definition) is 0. The first-order valence-electron chi connectivity index (χ1n) is 5.01. The molecule has 0 amide bonds. The van der Waals surface area contributed by atoms with E-state index in [0.717, 1.165) is 4.47 Å². The number of fused-ring (bicyclic) bond motifs is 1. The number of Topliss-reactive ketones (excluding diaryl/α,β-unsaturated/α-hetero) is 1. The molecule has 2 aromatic rings. The van der Waals surface area contributed by atoms with Gasteiger partial charge in [-0.3, -0.25) is 4.79 Å². The van der Waals surface area contributed by atoms with Gasteiger partial charge in [-0.2, -0.15) is 0 Å². The molecule has 1 aliphatic heterocycles. The van der Waals surface area contributed by atoms with E-state index >= 15 is 0 Å². The molecule has 1 aromatic carbocycles. The van der Waals surface area contributed by atoms with Gasteiger partial charge in [0.25, 0.3) is 0 Å². The summed E-state index contributed by atoms with van der Waals surface area (Å²) in [5.41, 5.74) is 0.567. The SMILES string of the molecule is O=C1/C(=C/c2ccco2)Oc2ccc(Br)cc21. The molecule has 1 aliphatic rings. The Hall–Kier alpha value is -1.81. The summed E-state index contributed by atoms with van der Waals surface area (Å²) in [6, 6.07) is 8.88. The monoisotopic (exact) mass is 290 g/mol. The van der Waals surface area contributed by atoms with E-state index in [4.69, 9.17) is 9.15 Å². The number of halogens is 1. The summed E-state index contributed by atoms with van der Waals surface area (Å²) in [6.45, 7) is 0. The van der Waals surface area contributed by atoms with Crippen LogP contribution in [0.2, 0.25) is 0 Å². The number of carbonyl (C=O) groups excluding carboxylic acids is 1. The zero-order valence-electron chi connectivity index (χ0n) is 8.64. The summed E-state index contributed by atoms with van der Waals surface area (Å²) in [5.74, 6) is 1.34. The number of benzene rings is 1. The van der Waals surface area contributed by atoms with Crippen LogP contribution in [0.25, 0.3) is 6.08 Å². The summed E-state index contributed by atoms with van der Waals surface area (Å²) >= 11 is 3.33. The molecule has 3 nitrogen and oxygen atoms in total. The second-order valence-electron chi connectivity index (χ2n) is 3.60. The van der Waals surface area contributed by atoms with Gasteiger partial charge in [-0.15, -0.1) is 0 Å². The van der Waals surface area contributed by atoms with Gasteiger partial charge in [-0.25, -0.2) is 0 Å². The van der Waals surface area contributed by atoms with E-state index in [2.05, 4.69) is 15.9 Å². The van der Waals surface area contributed by atoms with E-state index in [1.807, 2.05) is 6.07 Å². The molecule has 4 heteroatoms. The number of ether oxygens (including phenoxy) is 1. The Labute approximate surface area is 106 Å². The Kier molecular flexibility index (Phi) is 2.37. The van der Waals surface area contributed by atoms with Crippen molar-refractivity contribution in [2.45, 2.75) is 0 Å². The standard InChI is InChI=1S/C13H7BrO3/c14-8-3-4-11-10(6-8)13(15)12(17-11)7-9-2-1-5-16-9/h1-7H/b12-7-. The van der Waals surface area contributed by atoms with E-state index in [9.17, 15) is 4.79 Å². The van der Waals surface area contributed by atoms with Crippen LogP contribution < -0.4 is 4.74 Å². The molecule has 0 fully saturated rings. The van der Waals surface area contributed by atoms with Crippen molar-refractivity contribution >= 4 is 27.8 Å². The topological polar surface area (TPSA) is 39.4 Å². The molecule has 0 saturated heterocycles. The Balaban J connectivity index is 2.02. The number of allylic oxidation sites excluding steroid dienone is 1. The second-order valence-corrected chi connectivity index (χ2v) is 4.51. The number of hydrogen-bond acceptors (Lipinski definition) is 3. The maximum absolute atomic E-state index is 12.0. The van der Waals surface area contributed by atoms with Crippen molar-refractivity contribution in [2.24, 2.45) is 0 Å². The van der Waals surface area contributed by atoms with E-state index in [1.54, 1.807) is 36.6 Å². The van der Waals surface area contributed by atoms with Crippen molar-refractivity contribution in [1.82, 2.24) is 0 Å². The number of ketones is 1. The molecule has 0 unspecified atom stereocenters. The number of rotatable bonds is 1. The number of furan rings is 1. The van der Waals surface area contributed by atoms with Crippen LogP contribution in [-0.4, -0.2) is 5.78 Å². The molecule has 84 valence electrons. The molecule has 0 saturated carbocycles. The Morgan fingerprint density at radius 3 is 2.88 bits per heavy atom. The van der Waals surface area contributed by atoms with Gasteiger partial charge >= 0.3 is 0 Å².